The van der Waals surface area contributed by atoms with Crippen LogP contribution in [0.3, 0.4) is 0 Å². The van der Waals surface area contributed by atoms with Gasteiger partial charge in [-0.05, 0) is 25.5 Å². The lowest BCUT2D eigenvalue weighted by atomic mass is 9.97. The summed E-state index contributed by atoms with van der Waals surface area (Å²) in [5.41, 5.74) is 1.19. The van der Waals surface area contributed by atoms with Crippen LogP contribution in [0, 0.1) is 5.92 Å². The first-order chi connectivity index (χ1) is 9.86. The van der Waals surface area contributed by atoms with Crippen molar-refractivity contribution in [2.75, 3.05) is 13.2 Å². The van der Waals surface area contributed by atoms with Crippen LogP contribution in [0.2, 0.25) is 0 Å². The Labute approximate surface area is 118 Å². The van der Waals surface area contributed by atoms with E-state index in [1.54, 1.807) is 6.26 Å². The molecule has 1 N–H and O–H groups in total. The highest BCUT2D eigenvalue weighted by molar-refractivity contribution is 5.11. The fraction of sp³-hybridized carbons (Fsp3) is 0.533. The van der Waals surface area contributed by atoms with Gasteiger partial charge in [-0.2, -0.15) is 5.10 Å². The Kier molecular flexibility index (Phi) is 4.18. The Bertz CT molecular complexity index is 521. The minimum atomic E-state index is 0.166. The summed E-state index contributed by atoms with van der Waals surface area (Å²) < 4.78 is 13.1. The van der Waals surface area contributed by atoms with Crippen molar-refractivity contribution in [3.8, 4) is 0 Å². The van der Waals surface area contributed by atoms with Gasteiger partial charge in [0.1, 0.15) is 5.76 Å². The number of aromatic nitrogens is 2. The molecular formula is C15H21N3O2. The van der Waals surface area contributed by atoms with Crippen molar-refractivity contribution in [3.63, 3.8) is 0 Å². The molecule has 0 aliphatic carbocycles. The van der Waals surface area contributed by atoms with Gasteiger partial charge in [-0.15, -0.1) is 0 Å². The monoisotopic (exact) mass is 275 g/mol. The molecule has 2 atom stereocenters. The van der Waals surface area contributed by atoms with Crippen LogP contribution in [-0.4, -0.2) is 22.9 Å². The number of rotatable bonds is 6. The summed E-state index contributed by atoms with van der Waals surface area (Å²) in [5.74, 6) is 1.47. The predicted octanol–water partition coefficient (Wildman–Crippen LogP) is 2.36. The van der Waals surface area contributed by atoms with E-state index in [-0.39, 0.29) is 6.10 Å². The lowest BCUT2D eigenvalue weighted by molar-refractivity contribution is 0.0902. The van der Waals surface area contributed by atoms with E-state index in [4.69, 9.17) is 9.15 Å². The Morgan fingerprint density at radius 2 is 2.45 bits per heavy atom. The van der Waals surface area contributed by atoms with Crippen LogP contribution < -0.4 is 5.32 Å². The molecule has 1 saturated heterocycles. The van der Waals surface area contributed by atoms with Crippen molar-refractivity contribution in [3.05, 3.63) is 42.1 Å². The molecule has 2 aromatic rings. The Morgan fingerprint density at radius 3 is 3.20 bits per heavy atom. The maximum Gasteiger partial charge on any atom is 0.117 e. The van der Waals surface area contributed by atoms with Gasteiger partial charge in [-0.25, -0.2) is 0 Å². The van der Waals surface area contributed by atoms with Crippen molar-refractivity contribution in [2.45, 2.75) is 32.5 Å². The van der Waals surface area contributed by atoms with Crippen molar-refractivity contribution in [2.24, 2.45) is 5.92 Å². The fourth-order valence-electron chi connectivity index (χ4n) is 2.70. The highest BCUT2D eigenvalue weighted by atomic mass is 16.5. The predicted molar refractivity (Wildman–Crippen MR) is 75.1 cm³/mol. The molecule has 0 aromatic carbocycles. The summed E-state index contributed by atoms with van der Waals surface area (Å²) >= 11 is 0. The first kappa shape index (κ1) is 13.4. The first-order valence-corrected chi connectivity index (χ1v) is 7.24. The molecule has 1 aliphatic rings. The van der Waals surface area contributed by atoms with Crippen LogP contribution >= 0.6 is 0 Å². The summed E-state index contributed by atoms with van der Waals surface area (Å²) in [4.78, 5) is 0. The second-order valence-corrected chi connectivity index (χ2v) is 5.18. The Hall–Kier alpha value is -1.59. The van der Waals surface area contributed by atoms with Crippen LogP contribution in [0.1, 0.15) is 30.8 Å². The molecular weight excluding hydrogens is 254 g/mol. The molecule has 5 heteroatoms. The second-order valence-electron chi connectivity index (χ2n) is 5.18. The molecule has 3 heterocycles. The van der Waals surface area contributed by atoms with E-state index in [1.807, 2.05) is 23.0 Å². The summed E-state index contributed by atoms with van der Waals surface area (Å²) in [6.07, 6.45) is 6.98. The van der Waals surface area contributed by atoms with Gasteiger partial charge in [0.25, 0.3) is 0 Å². The molecule has 3 rings (SSSR count). The third-order valence-electron chi connectivity index (χ3n) is 3.81. The zero-order chi connectivity index (χ0) is 13.8. The molecule has 1 aliphatic heterocycles. The number of furan rings is 1. The van der Waals surface area contributed by atoms with Crippen LogP contribution in [0.4, 0.5) is 0 Å². The van der Waals surface area contributed by atoms with Crippen molar-refractivity contribution in [1.82, 2.24) is 15.1 Å². The van der Waals surface area contributed by atoms with Crippen molar-refractivity contribution >= 4 is 0 Å². The number of nitrogens with zero attached hydrogens (tertiary/aromatic N) is 2. The molecule has 1 fully saturated rings. The van der Waals surface area contributed by atoms with Crippen LogP contribution in [-0.2, 0) is 17.8 Å². The van der Waals surface area contributed by atoms with Crippen LogP contribution in [0.15, 0.2) is 35.2 Å². The second kappa shape index (κ2) is 6.24. The minimum Gasteiger partial charge on any atom is -0.468 e. The van der Waals surface area contributed by atoms with Gasteiger partial charge in [0.15, 0.2) is 0 Å². The molecule has 0 saturated carbocycles. The third-order valence-corrected chi connectivity index (χ3v) is 3.81. The van der Waals surface area contributed by atoms with E-state index in [0.717, 1.165) is 38.4 Å². The molecule has 0 bridgehead atoms. The number of hydrogen-bond acceptors (Lipinski definition) is 4. The highest BCUT2D eigenvalue weighted by Gasteiger charge is 2.30. The summed E-state index contributed by atoms with van der Waals surface area (Å²) in [7, 11) is 0. The molecule has 0 amide bonds. The maximum absolute atomic E-state index is 5.88. The van der Waals surface area contributed by atoms with Crippen molar-refractivity contribution in [1.29, 1.82) is 0 Å². The van der Waals surface area contributed by atoms with Gasteiger partial charge in [0.2, 0.25) is 0 Å². The lowest BCUT2D eigenvalue weighted by Crippen LogP contribution is -2.24. The largest absolute Gasteiger partial charge is 0.468 e. The molecule has 0 unspecified atom stereocenters. The molecule has 20 heavy (non-hydrogen) atoms. The summed E-state index contributed by atoms with van der Waals surface area (Å²) in [5, 5.41) is 7.79. The number of ether oxygens (including phenoxy) is 1. The van der Waals surface area contributed by atoms with E-state index in [0.29, 0.717) is 5.92 Å². The zero-order valence-corrected chi connectivity index (χ0v) is 11.8. The normalized spacial score (nSPS) is 22.4. The van der Waals surface area contributed by atoms with Gasteiger partial charge in [0.05, 0.1) is 25.1 Å². The first-order valence-electron chi connectivity index (χ1n) is 7.24. The molecule has 108 valence electrons. The third kappa shape index (κ3) is 2.94. The fourth-order valence-corrected chi connectivity index (χ4v) is 2.70. The van der Waals surface area contributed by atoms with Gasteiger partial charge in [-0.1, -0.05) is 0 Å². The number of nitrogens with one attached hydrogen (secondary N) is 1. The molecule has 0 radical (unpaired) electrons. The topological polar surface area (TPSA) is 52.2 Å². The van der Waals surface area contributed by atoms with E-state index in [2.05, 4.69) is 23.5 Å². The Morgan fingerprint density at radius 1 is 1.50 bits per heavy atom. The standard InChI is InChI=1S/C15H21N3O2/c1-2-18-11-13(9-17-18)15-12(5-7-20-15)8-16-10-14-4-3-6-19-14/h3-4,6,9,11-12,15-16H,2,5,7-8,10H2,1H3/t12-,15-/m0/s1. The minimum absolute atomic E-state index is 0.166. The smallest absolute Gasteiger partial charge is 0.117 e. The molecule has 2 aromatic heterocycles. The lowest BCUT2D eigenvalue weighted by Gasteiger charge is -2.17. The number of hydrogen-bond donors (Lipinski definition) is 1. The Balaban J connectivity index is 1.55. The van der Waals surface area contributed by atoms with Gasteiger partial charge < -0.3 is 14.5 Å². The van der Waals surface area contributed by atoms with Crippen LogP contribution in [0.5, 0.6) is 0 Å². The average molecular weight is 275 g/mol. The van der Waals surface area contributed by atoms with Gasteiger partial charge in [-0.3, -0.25) is 4.68 Å². The number of aryl methyl sites for hydroxylation is 1. The summed E-state index contributed by atoms with van der Waals surface area (Å²) in [6.45, 7) is 5.52. The quantitative estimate of drug-likeness (QED) is 0.879. The van der Waals surface area contributed by atoms with E-state index < -0.39 is 0 Å². The zero-order valence-electron chi connectivity index (χ0n) is 11.8. The highest BCUT2D eigenvalue weighted by Crippen LogP contribution is 2.33. The SMILES string of the molecule is CCn1cc([C@H]2OCC[C@H]2CNCc2ccco2)cn1. The average Bonchev–Trinajstić information content (AvgIpc) is 3.20. The van der Waals surface area contributed by atoms with E-state index in [9.17, 15) is 0 Å². The molecule has 0 spiro atoms. The van der Waals surface area contributed by atoms with Crippen molar-refractivity contribution < 1.29 is 9.15 Å². The van der Waals surface area contributed by atoms with E-state index >= 15 is 0 Å². The molecule has 5 nitrogen and oxygen atoms in total. The maximum atomic E-state index is 5.88. The van der Waals surface area contributed by atoms with Gasteiger partial charge >= 0.3 is 0 Å². The van der Waals surface area contributed by atoms with Gasteiger partial charge in [0, 0.05) is 37.4 Å². The van der Waals surface area contributed by atoms with Crippen LogP contribution in [0.25, 0.3) is 0 Å². The van der Waals surface area contributed by atoms with E-state index in [1.165, 1.54) is 5.56 Å². The summed E-state index contributed by atoms with van der Waals surface area (Å²) in [6, 6.07) is 3.90.